The number of hydrogen-bond acceptors (Lipinski definition) is 5. The monoisotopic (exact) mass is 490 g/mol. The Labute approximate surface area is 210 Å². The van der Waals surface area contributed by atoms with Gasteiger partial charge in [-0.15, -0.1) is 11.3 Å². The SMILES string of the molecule is CC/C=C(\C=C(/NCC(=O)N1CCc2nc(N)sc2CC1)c1ccccc1)c1ccc(F)c(C)c1. The van der Waals surface area contributed by atoms with Crippen LogP contribution in [0.1, 0.15) is 40.6 Å². The quantitative estimate of drug-likeness (QED) is 0.445. The van der Waals surface area contributed by atoms with Crippen molar-refractivity contribution in [3.8, 4) is 0 Å². The van der Waals surface area contributed by atoms with Crippen LogP contribution in [0.4, 0.5) is 9.52 Å². The maximum atomic E-state index is 13.9. The van der Waals surface area contributed by atoms with Gasteiger partial charge in [0.25, 0.3) is 0 Å². The van der Waals surface area contributed by atoms with E-state index in [4.69, 9.17) is 5.73 Å². The summed E-state index contributed by atoms with van der Waals surface area (Å²) in [7, 11) is 0. The highest BCUT2D eigenvalue weighted by atomic mass is 32.1. The Morgan fingerprint density at radius 1 is 1.17 bits per heavy atom. The van der Waals surface area contributed by atoms with Crippen LogP contribution in [-0.4, -0.2) is 35.4 Å². The molecule has 0 atom stereocenters. The minimum Gasteiger partial charge on any atom is -0.376 e. The molecule has 0 spiro atoms. The number of allylic oxidation sites excluding steroid dienone is 3. The van der Waals surface area contributed by atoms with Gasteiger partial charge in [-0.25, -0.2) is 9.37 Å². The van der Waals surface area contributed by atoms with Gasteiger partial charge in [0.15, 0.2) is 5.13 Å². The van der Waals surface area contributed by atoms with Crippen LogP contribution >= 0.6 is 11.3 Å². The molecule has 0 unspecified atom stereocenters. The fraction of sp³-hybridized carbons (Fsp3) is 0.286. The molecule has 1 aromatic heterocycles. The van der Waals surface area contributed by atoms with Gasteiger partial charge in [-0.1, -0.05) is 49.4 Å². The number of carbonyl (C=O) groups excluding carboxylic acids is 1. The van der Waals surface area contributed by atoms with Crippen molar-refractivity contribution in [1.82, 2.24) is 15.2 Å². The first-order chi connectivity index (χ1) is 16.9. The lowest BCUT2D eigenvalue weighted by Gasteiger charge is -2.21. The smallest absolute Gasteiger partial charge is 0.241 e. The Bertz CT molecular complexity index is 1220. The lowest BCUT2D eigenvalue weighted by atomic mass is 9.99. The van der Waals surface area contributed by atoms with Crippen molar-refractivity contribution in [1.29, 1.82) is 0 Å². The highest BCUT2D eigenvalue weighted by Crippen LogP contribution is 2.25. The number of carbonyl (C=O) groups is 1. The Balaban J connectivity index is 1.53. The number of fused-ring (bicyclic) bond motifs is 1. The Hall–Kier alpha value is -3.45. The predicted octanol–water partition coefficient (Wildman–Crippen LogP) is 5.22. The average Bonchev–Trinajstić information content (AvgIpc) is 3.10. The van der Waals surface area contributed by atoms with Gasteiger partial charge >= 0.3 is 0 Å². The van der Waals surface area contributed by atoms with Crippen molar-refractivity contribution in [2.24, 2.45) is 0 Å². The number of nitrogens with two attached hydrogens (primary N) is 1. The first kappa shape index (κ1) is 24.7. The summed E-state index contributed by atoms with van der Waals surface area (Å²) in [6.07, 6.45) is 6.50. The normalized spacial score (nSPS) is 14.4. The summed E-state index contributed by atoms with van der Waals surface area (Å²) in [5.74, 6) is -0.168. The summed E-state index contributed by atoms with van der Waals surface area (Å²) < 4.78 is 13.9. The highest BCUT2D eigenvalue weighted by molar-refractivity contribution is 7.15. The van der Waals surface area contributed by atoms with E-state index < -0.39 is 0 Å². The number of aryl methyl sites for hydroxylation is 1. The molecular formula is C28H31FN4OS. The Kier molecular flexibility index (Phi) is 7.98. The molecule has 1 amide bonds. The molecule has 4 rings (SSSR count). The average molecular weight is 491 g/mol. The van der Waals surface area contributed by atoms with Crippen LogP contribution in [0.3, 0.4) is 0 Å². The van der Waals surface area contributed by atoms with Crippen LogP contribution < -0.4 is 11.1 Å². The van der Waals surface area contributed by atoms with Crippen LogP contribution in [0.25, 0.3) is 11.3 Å². The second-order valence-electron chi connectivity index (χ2n) is 8.61. The van der Waals surface area contributed by atoms with Crippen LogP contribution in [0.15, 0.2) is 60.7 Å². The molecule has 0 saturated heterocycles. The number of rotatable bonds is 7. The topological polar surface area (TPSA) is 71.2 Å². The zero-order chi connectivity index (χ0) is 24.8. The van der Waals surface area contributed by atoms with E-state index in [9.17, 15) is 9.18 Å². The third-order valence-corrected chi connectivity index (χ3v) is 7.09. The number of nitrogen functional groups attached to an aromatic ring is 1. The van der Waals surface area contributed by atoms with E-state index in [1.807, 2.05) is 47.4 Å². The maximum absolute atomic E-state index is 13.9. The first-order valence-electron chi connectivity index (χ1n) is 11.9. The molecule has 0 fully saturated rings. The summed E-state index contributed by atoms with van der Waals surface area (Å²) in [6, 6.07) is 15.1. The highest BCUT2D eigenvalue weighted by Gasteiger charge is 2.21. The minimum atomic E-state index is -0.217. The fourth-order valence-electron chi connectivity index (χ4n) is 4.23. The number of anilines is 1. The van der Waals surface area contributed by atoms with E-state index in [2.05, 4.69) is 23.3 Å². The van der Waals surface area contributed by atoms with Crippen molar-refractivity contribution in [3.05, 3.63) is 93.8 Å². The van der Waals surface area contributed by atoms with Crippen molar-refractivity contribution in [2.45, 2.75) is 33.1 Å². The molecule has 2 aromatic carbocycles. The summed E-state index contributed by atoms with van der Waals surface area (Å²) in [5, 5.41) is 3.98. The van der Waals surface area contributed by atoms with Crippen molar-refractivity contribution < 1.29 is 9.18 Å². The number of amides is 1. The molecular weight excluding hydrogens is 459 g/mol. The van der Waals surface area contributed by atoms with Crippen molar-refractivity contribution in [2.75, 3.05) is 25.4 Å². The first-order valence-corrected chi connectivity index (χ1v) is 12.8. The van der Waals surface area contributed by atoms with Gasteiger partial charge in [0.2, 0.25) is 5.91 Å². The molecule has 0 aliphatic carbocycles. The molecule has 5 nitrogen and oxygen atoms in total. The number of halogens is 1. The Morgan fingerprint density at radius 3 is 2.69 bits per heavy atom. The lowest BCUT2D eigenvalue weighted by Crippen LogP contribution is -2.39. The molecule has 7 heteroatoms. The van der Waals surface area contributed by atoms with Gasteiger partial charge < -0.3 is 16.0 Å². The van der Waals surface area contributed by atoms with Crippen LogP contribution in [-0.2, 0) is 17.6 Å². The van der Waals surface area contributed by atoms with Crippen molar-refractivity contribution in [3.63, 3.8) is 0 Å². The van der Waals surface area contributed by atoms with E-state index in [-0.39, 0.29) is 18.3 Å². The number of nitrogens with one attached hydrogen (secondary N) is 1. The molecule has 0 bridgehead atoms. The molecule has 1 aliphatic heterocycles. The van der Waals surface area contributed by atoms with Gasteiger partial charge in [0, 0.05) is 36.5 Å². The van der Waals surface area contributed by atoms with E-state index >= 15 is 0 Å². The molecule has 0 saturated carbocycles. The van der Waals surface area contributed by atoms with Crippen LogP contribution in [0, 0.1) is 12.7 Å². The summed E-state index contributed by atoms with van der Waals surface area (Å²) in [4.78, 5) is 20.6. The van der Waals surface area contributed by atoms with Crippen LogP contribution in [0.2, 0.25) is 0 Å². The molecule has 1 aliphatic rings. The number of benzene rings is 2. The van der Waals surface area contributed by atoms with Gasteiger partial charge in [0.05, 0.1) is 12.2 Å². The number of nitrogens with zero attached hydrogens (tertiary/aromatic N) is 2. The number of thiazole rings is 1. The van der Waals surface area contributed by atoms with E-state index in [0.717, 1.165) is 47.4 Å². The molecule has 182 valence electrons. The third kappa shape index (κ3) is 6.17. The van der Waals surface area contributed by atoms with Crippen LogP contribution in [0.5, 0.6) is 0 Å². The van der Waals surface area contributed by atoms with Gasteiger partial charge in [-0.3, -0.25) is 4.79 Å². The van der Waals surface area contributed by atoms with Crippen molar-refractivity contribution >= 4 is 33.6 Å². The number of aromatic nitrogens is 1. The second kappa shape index (κ2) is 11.3. The zero-order valence-electron chi connectivity index (χ0n) is 20.2. The Morgan fingerprint density at radius 2 is 1.94 bits per heavy atom. The van der Waals surface area contributed by atoms with E-state index in [1.54, 1.807) is 13.0 Å². The zero-order valence-corrected chi connectivity index (χ0v) is 21.0. The summed E-state index contributed by atoms with van der Waals surface area (Å²) >= 11 is 1.52. The van der Waals surface area contributed by atoms with E-state index in [0.29, 0.717) is 23.8 Å². The maximum Gasteiger partial charge on any atom is 0.241 e. The number of hydrogen-bond donors (Lipinski definition) is 2. The largest absolute Gasteiger partial charge is 0.376 e. The standard InChI is InChI=1S/C28H31FN4OS/c1-3-7-21(22-10-11-23(29)19(2)16-22)17-25(20-8-5-4-6-9-20)31-18-27(34)33-14-12-24-26(13-15-33)35-28(30)32-24/h4-11,16-17,31H,3,12-15,18H2,1-2H3,(H2,30,32)/b21-7+,25-17-. The van der Waals surface area contributed by atoms with Gasteiger partial charge in [0.1, 0.15) is 5.82 Å². The molecule has 3 N–H and O–H groups in total. The van der Waals surface area contributed by atoms with Gasteiger partial charge in [-0.05, 0) is 53.8 Å². The summed E-state index contributed by atoms with van der Waals surface area (Å²) in [5.41, 5.74) is 11.2. The molecule has 35 heavy (non-hydrogen) atoms. The third-order valence-electron chi connectivity index (χ3n) is 6.10. The van der Waals surface area contributed by atoms with E-state index in [1.165, 1.54) is 22.3 Å². The predicted molar refractivity (Wildman–Crippen MR) is 142 cm³/mol. The molecule has 3 aromatic rings. The molecule has 0 radical (unpaired) electrons. The summed E-state index contributed by atoms with van der Waals surface area (Å²) in [6.45, 7) is 5.33. The minimum absolute atomic E-state index is 0.0496. The fourth-order valence-corrected chi connectivity index (χ4v) is 5.10. The lowest BCUT2D eigenvalue weighted by molar-refractivity contribution is -0.129. The molecule has 2 heterocycles. The van der Waals surface area contributed by atoms with Gasteiger partial charge in [-0.2, -0.15) is 0 Å². The second-order valence-corrected chi connectivity index (χ2v) is 9.73.